The van der Waals surface area contributed by atoms with E-state index in [0.29, 0.717) is 28.6 Å². The van der Waals surface area contributed by atoms with Gasteiger partial charge in [0.1, 0.15) is 11.6 Å². The molecule has 2 heterocycles. The summed E-state index contributed by atoms with van der Waals surface area (Å²) in [5, 5.41) is 21.2. The number of nitrogens with zero attached hydrogens (tertiary/aromatic N) is 6. The minimum Gasteiger partial charge on any atom is -0.308 e. The number of aryl methyl sites for hydroxylation is 2. The van der Waals surface area contributed by atoms with Gasteiger partial charge in [0.25, 0.3) is 0 Å². The molecule has 0 atom stereocenters. The summed E-state index contributed by atoms with van der Waals surface area (Å²) in [5.74, 6) is 1.85. The Morgan fingerprint density at radius 1 is 0.622 bits per heavy atom. The molecule has 2 aromatic heterocycles. The molecule has 6 aromatic rings. The zero-order valence-electron chi connectivity index (χ0n) is 20.3. The van der Waals surface area contributed by atoms with E-state index in [1.807, 2.05) is 62.4 Å². The number of rotatable bonds is 3. The predicted molar refractivity (Wildman–Crippen MR) is 144 cm³/mol. The number of benzene rings is 4. The minimum absolute atomic E-state index is 0.551. The molecule has 0 radical (unpaired) electrons. The zero-order valence-corrected chi connectivity index (χ0v) is 20.3. The Hall–Kier alpha value is -5.33. The van der Waals surface area contributed by atoms with Crippen LogP contribution in [0.4, 0.5) is 0 Å². The highest BCUT2D eigenvalue weighted by atomic mass is 15.0. The topological polar surface area (TPSA) is 91.2 Å². The van der Waals surface area contributed by atoms with Crippen molar-refractivity contribution in [2.24, 2.45) is 0 Å². The Balaban J connectivity index is 1.69. The van der Waals surface area contributed by atoms with Gasteiger partial charge in [0.05, 0.1) is 40.0 Å². The monoisotopic (exact) mass is 476 g/mol. The lowest BCUT2D eigenvalue weighted by atomic mass is 10.0. The van der Waals surface area contributed by atoms with Crippen LogP contribution >= 0.6 is 0 Å². The summed E-state index contributed by atoms with van der Waals surface area (Å²) < 4.78 is 2.18. The van der Waals surface area contributed by atoms with Gasteiger partial charge < -0.3 is 4.57 Å². The summed E-state index contributed by atoms with van der Waals surface area (Å²) in [4.78, 5) is 13.6. The largest absolute Gasteiger partial charge is 0.308 e. The quantitative estimate of drug-likeness (QED) is 0.285. The van der Waals surface area contributed by atoms with Gasteiger partial charge in [0.2, 0.25) is 0 Å². The summed E-state index contributed by atoms with van der Waals surface area (Å²) in [7, 11) is 0. The number of hydrogen-bond donors (Lipinski definition) is 0. The lowest BCUT2D eigenvalue weighted by Gasteiger charge is -2.14. The molecule has 0 amide bonds. The van der Waals surface area contributed by atoms with Crippen LogP contribution in [0, 0.1) is 36.5 Å². The molecular weight excluding hydrogens is 456 g/mol. The molecular formula is C31H20N6. The van der Waals surface area contributed by atoms with Crippen molar-refractivity contribution in [3.63, 3.8) is 0 Å². The first-order valence-corrected chi connectivity index (χ1v) is 11.8. The standard InChI is InChI=1S/C31H20N6/c1-19-34-20(2)36-31(35-19)27-13-9-22(18-33)15-29(27)37-28-6-4-3-5-25(28)26-14-12-24(16-30(26)37)23-10-7-21(17-32)8-11-23/h3-16H,1-2H3. The summed E-state index contributed by atoms with van der Waals surface area (Å²) in [6, 6.07) is 32.3. The van der Waals surface area contributed by atoms with Gasteiger partial charge >= 0.3 is 0 Å². The van der Waals surface area contributed by atoms with Gasteiger partial charge in [-0.05, 0) is 67.4 Å². The van der Waals surface area contributed by atoms with E-state index in [1.54, 1.807) is 6.07 Å². The highest BCUT2D eigenvalue weighted by molar-refractivity contribution is 6.10. The molecule has 0 aliphatic heterocycles. The molecule has 0 aliphatic rings. The number of nitriles is 2. The lowest BCUT2D eigenvalue weighted by molar-refractivity contribution is 0.926. The van der Waals surface area contributed by atoms with Crippen molar-refractivity contribution in [2.75, 3.05) is 0 Å². The highest BCUT2D eigenvalue weighted by Crippen LogP contribution is 2.37. The SMILES string of the molecule is Cc1nc(C)nc(-c2ccc(C#N)cc2-n2c3ccccc3c3ccc(-c4ccc(C#N)cc4)cc32)n1. The van der Waals surface area contributed by atoms with Crippen LogP contribution in [0.1, 0.15) is 22.8 Å². The van der Waals surface area contributed by atoms with Crippen LogP contribution < -0.4 is 0 Å². The van der Waals surface area contributed by atoms with Crippen molar-refractivity contribution in [1.29, 1.82) is 10.5 Å². The molecule has 6 rings (SSSR count). The first-order valence-electron chi connectivity index (χ1n) is 11.8. The van der Waals surface area contributed by atoms with Gasteiger partial charge in [-0.15, -0.1) is 0 Å². The fourth-order valence-electron chi connectivity index (χ4n) is 4.86. The number of para-hydroxylation sites is 1. The molecule has 6 heteroatoms. The summed E-state index contributed by atoms with van der Waals surface area (Å²) >= 11 is 0. The molecule has 0 bridgehead atoms. The van der Waals surface area contributed by atoms with E-state index in [2.05, 4.69) is 62.0 Å². The summed E-state index contributed by atoms with van der Waals surface area (Å²) in [5.41, 5.74) is 6.90. The fraction of sp³-hybridized carbons (Fsp3) is 0.0645. The average Bonchev–Trinajstić information content (AvgIpc) is 3.25. The third-order valence-corrected chi connectivity index (χ3v) is 6.49. The van der Waals surface area contributed by atoms with Crippen LogP contribution in [-0.4, -0.2) is 19.5 Å². The molecule has 0 N–H and O–H groups in total. The van der Waals surface area contributed by atoms with Crippen molar-refractivity contribution in [2.45, 2.75) is 13.8 Å². The molecule has 0 aliphatic carbocycles. The molecule has 0 saturated heterocycles. The second kappa shape index (κ2) is 8.71. The van der Waals surface area contributed by atoms with Gasteiger partial charge in [-0.1, -0.05) is 42.5 Å². The third kappa shape index (κ3) is 3.78. The predicted octanol–water partition coefficient (Wildman–Crippen LogP) is 6.66. The van der Waals surface area contributed by atoms with Crippen LogP contribution in [-0.2, 0) is 0 Å². The number of aromatic nitrogens is 4. The van der Waals surface area contributed by atoms with Crippen LogP contribution in [0.5, 0.6) is 0 Å². The van der Waals surface area contributed by atoms with E-state index in [1.165, 1.54) is 0 Å². The van der Waals surface area contributed by atoms with E-state index in [4.69, 9.17) is 0 Å². The first-order chi connectivity index (χ1) is 18.1. The Morgan fingerprint density at radius 3 is 2.00 bits per heavy atom. The maximum absolute atomic E-state index is 9.75. The van der Waals surface area contributed by atoms with E-state index in [-0.39, 0.29) is 0 Å². The maximum atomic E-state index is 9.75. The van der Waals surface area contributed by atoms with Gasteiger partial charge in [-0.3, -0.25) is 0 Å². The average molecular weight is 477 g/mol. The van der Waals surface area contributed by atoms with Gasteiger partial charge in [0, 0.05) is 16.3 Å². The van der Waals surface area contributed by atoms with E-state index in [9.17, 15) is 10.5 Å². The van der Waals surface area contributed by atoms with Gasteiger partial charge in [-0.2, -0.15) is 10.5 Å². The highest BCUT2D eigenvalue weighted by Gasteiger charge is 2.18. The van der Waals surface area contributed by atoms with E-state index >= 15 is 0 Å². The van der Waals surface area contributed by atoms with Crippen molar-refractivity contribution in [3.05, 3.63) is 108 Å². The van der Waals surface area contributed by atoms with E-state index in [0.717, 1.165) is 44.2 Å². The summed E-state index contributed by atoms with van der Waals surface area (Å²) in [6.45, 7) is 3.71. The molecule has 174 valence electrons. The smallest absolute Gasteiger partial charge is 0.165 e. The lowest BCUT2D eigenvalue weighted by Crippen LogP contribution is -2.03. The fourth-order valence-corrected chi connectivity index (χ4v) is 4.86. The summed E-state index contributed by atoms with van der Waals surface area (Å²) in [6.07, 6.45) is 0. The minimum atomic E-state index is 0.551. The van der Waals surface area contributed by atoms with Crippen molar-refractivity contribution >= 4 is 21.8 Å². The Kier molecular flexibility index (Phi) is 5.22. The Bertz CT molecular complexity index is 1900. The van der Waals surface area contributed by atoms with Crippen LogP contribution in [0.25, 0.3) is 50.0 Å². The van der Waals surface area contributed by atoms with Crippen LogP contribution in [0.15, 0.2) is 84.9 Å². The maximum Gasteiger partial charge on any atom is 0.165 e. The zero-order chi connectivity index (χ0) is 25.5. The van der Waals surface area contributed by atoms with Crippen molar-refractivity contribution in [3.8, 4) is 40.3 Å². The Labute approximate surface area is 213 Å². The normalized spacial score (nSPS) is 10.9. The Morgan fingerprint density at radius 2 is 1.27 bits per heavy atom. The first kappa shape index (κ1) is 22.2. The second-order valence-corrected chi connectivity index (χ2v) is 8.87. The molecule has 0 fully saturated rings. The number of fused-ring (bicyclic) bond motifs is 3. The van der Waals surface area contributed by atoms with Crippen molar-refractivity contribution < 1.29 is 0 Å². The second-order valence-electron chi connectivity index (χ2n) is 8.87. The molecule has 4 aromatic carbocycles. The van der Waals surface area contributed by atoms with Gasteiger partial charge in [-0.25, -0.2) is 15.0 Å². The third-order valence-electron chi connectivity index (χ3n) is 6.49. The molecule has 0 unspecified atom stereocenters. The van der Waals surface area contributed by atoms with Crippen molar-refractivity contribution in [1.82, 2.24) is 19.5 Å². The molecule has 37 heavy (non-hydrogen) atoms. The van der Waals surface area contributed by atoms with Crippen LogP contribution in [0.2, 0.25) is 0 Å². The van der Waals surface area contributed by atoms with E-state index < -0.39 is 0 Å². The molecule has 0 saturated carbocycles. The molecule has 0 spiro atoms. The number of hydrogen-bond acceptors (Lipinski definition) is 5. The van der Waals surface area contributed by atoms with Crippen LogP contribution in [0.3, 0.4) is 0 Å². The molecule has 6 nitrogen and oxygen atoms in total. The van der Waals surface area contributed by atoms with Gasteiger partial charge in [0.15, 0.2) is 5.82 Å².